The second kappa shape index (κ2) is 7.50. The first kappa shape index (κ1) is 18.0. The molecule has 1 aliphatic heterocycles. The molecule has 1 heterocycles. The molecule has 0 saturated carbocycles. The minimum atomic E-state index is -3.90. The number of rotatable bonds is 7. The monoisotopic (exact) mass is 352 g/mol. The predicted molar refractivity (Wildman–Crippen MR) is 78.5 cm³/mol. The third-order valence-corrected chi connectivity index (χ3v) is 5.56. The fourth-order valence-electron chi connectivity index (χ4n) is 2.57. The summed E-state index contributed by atoms with van der Waals surface area (Å²) in [6.45, 7) is 0.244. The molecule has 130 valence electrons. The lowest BCUT2D eigenvalue weighted by molar-refractivity contribution is -0.0522. The highest BCUT2D eigenvalue weighted by molar-refractivity contribution is 7.89. The predicted octanol–water partition coefficient (Wildman–Crippen LogP) is 2.19. The molecule has 1 atom stereocenters. The molecule has 2 rings (SSSR count). The van der Waals surface area contributed by atoms with Crippen LogP contribution in [0.5, 0.6) is 5.75 Å². The van der Waals surface area contributed by atoms with Gasteiger partial charge in [-0.25, -0.2) is 12.8 Å². The average molecular weight is 352 g/mol. The van der Waals surface area contributed by atoms with Crippen molar-refractivity contribution in [1.82, 2.24) is 9.62 Å². The van der Waals surface area contributed by atoms with Gasteiger partial charge in [-0.05, 0) is 37.6 Å². The van der Waals surface area contributed by atoms with Gasteiger partial charge in [-0.2, -0.15) is 13.1 Å². The highest BCUT2D eigenvalue weighted by Crippen LogP contribution is 2.26. The Morgan fingerprint density at radius 3 is 2.70 bits per heavy atom. The molecule has 0 bridgehead atoms. The summed E-state index contributed by atoms with van der Waals surface area (Å²) in [5.74, 6) is -1.81. The summed E-state index contributed by atoms with van der Waals surface area (Å²) in [4.78, 5) is -0.267. The number of alkyl halides is 2. The number of hydrogen-bond donors (Lipinski definition) is 1. The Morgan fingerprint density at radius 1 is 1.43 bits per heavy atom. The Kier molecular flexibility index (Phi) is 5.88. The van der Waals surface area contributed by atoms with Crippen molar-refractivity contribution in [3.8, 4) is 5.75 Å². The fourth-order valence-corrected chi connectivity index (χ4v) is 4.33. The van der Waals surface area contributed by atoms with Crippen molar-refractivity contribution in [2.75, 3.05) is 19.6 Å². The molecular formula is C14H19F3N2O3S. The lowest BCUT2D eigenvalue weighted by Gasteiger charge is -2.27. The van der Waals surface area contributed by atoms with Crippen LogP contribution in [0.15, 0.2) is 23.1 Å². The van der Waals surface area contributed by atoms with Gasteiger partial charge in [-0.1, -0.05) is 6.92 Å². The molecule has 1 aliphatic rings. The molecular weight excluding hydrogens is 333 g/mol. The van der Waals surface area contributed by atoms with Crippen molar-refractivity contribution < 1.29 is 26.3 Å². The van der Waals surface area contributed by atoms with Crippen molar-refractivity contribution in [1.29, 1.82) is 0 Å². The van der Waals surface area contributed by atoms with Crippen molar-refractivity contribution in [2.45, 2.75) is 37.3 Å². The van der Waals surface area contributed by atoms with Gasteiger partial charge in [0.25, 0.3) is 0 Å². The van der Waals surface area contributed by atoms with E-state index in [9.17, 15) is 21.6 Å². The molecule has 0 radical (unpaired) electrons. The highest BCUT2D eigenvalue weighted by atomic mass is 32.2. The van der Waals surface area contributed by atoms with E-state index in [0.29, 0.717) is 25.9 Å². The minimum absolute atomic E-state index is 0.194. The molecule has 1 aromatic rings. The summed E-state index contributed by atoms with van der Waals surface area (Å²) < 4.78 is 68.9. The zero-order valence-electron chi connectivity index (χ0n) is 12.6. The van der Waals surface area contributed by atoms with Gasteiger partial charge in [-0.15, -0.1) is 0 Å². The molecule has 0 spiro atoms. The maximum Gasteiger partial charge on any atom is 0.387 e. The normalized spacial score (nSPS) is 18.8. The van der Waals surface area contributed by atoms with Gasteiger partial charge in [0.15, 0.2) is 11.6 Å². The number of nitrogens with zero attached hydrogens (tertiary/aromatic N) is 1. The van der Waals surface area contributed by atoms with Crippen molar-refractivity contribution in [2.24, 2.45) is 0 Å². The molecule has 0 amide bonds. The van der Waals surface area contributed by atoms with Gasteiger partial charge < -0.3 is 10.1 Å². The Morgan fingerprint density at radius 2 is 2.17 bits per heavy atom. The van der Waals surface area contributed by atoms with E-state index in [1.807, 2.05) is 6.92 Å². The first-order valence-electron chi connectivity index (χ1n) is 7.33. The van der Waals surface area contributed by atoms with Crippen LogP contribution in [0.2, 0.25) is 0 Å². The standard InChI is InChI=1S/C14H19F3N2O3S/c1-2-7-19(10-5-6-18-9-10)23(20,21)11-3-4-13(12(15)8-11)22-14(16)17/h3-4,8,10,14,18H,2,5-7,9H2,1H3. The van der Waals surface area contributed by atoms with E-state index in [0.717, 1.165) is 24.7 Å². The molecule has 1 saturated heterocycles. The lowest BCUT2D eigenvalue weighted by Crippen LogP contribution is -2.42. The van der Waals surface area contributed by atoms with Gasteiger partial charge >= 0.3 is 6.61 Å². The van der Waals surface area contributed by atoms with Crippen LogP contribution < -0.4 is 10.1 Å². The van der Waals surface area contributed by atoms with Crippen LogP contribution >= 0.6 is 0 Å². The first-order valence-corrected chi connectivity index (χ1v) is 8.77. The Balaban J connectivity index is 2.31. The third kappa shape index (κ3) is 4.15. The molecule has 1 aromatic carbocycles. The van der Waals surface area contributed by atoms with Gasteiger partial charge in [-0.3, -0.25) is 0 Å². The summed E-state index contributed by atoms with van der Waals surface area (Å²) in [5.41, 5.74) is 0. The molecule has 9 heteroatoms. The quantitative estimate of drug-likeness (QED) is 0.817. The first-order chi connectivity index (χ1) is 10.9. The molecule has 23 heavy (non-hydrogen) atoms. The SMILES string of the molecule is CCCN(C1CCNC1)S(=O)(=O)c1ccc(OC(F)F)c(F)c1. The van der Waals surface area contributed by atoms with Crippen LogP contribution in [0, 0.1) is 5.82 Å². The number of benzene rings is 1. The van der Waals surface area contributed by atoms with E-state index in [1.165, 1.54) is 4.31 Å². The summed E-state index contributed by atoms with van der Waals surface area (Å²) in [6, 6.07) is 2.52. The van der Waals surface area contributed by atoms with Crippen LogP contribution in [0.25, 0.3) is 0 Å². The summed E-state index contributed by atoms with van der Waals surface area (Å²) in [6.07, 6.45) is 1.29. The Hall–Kier alpha value is -1.32. The van der Waals surface area contributed by atoms with Crippen LogP contribution in [-0.4, -0.2) is 45.0 Å². The molecule has 0 aromatic heterocycles. The maximum absolute atomic E-state index is 13.8. The lowest BCUT2D eigenvalue weighted by atomic mass is 10.2. The van der Waals surface area contributed by atoms with Crippen LogP contribution in [0.3, 0.4) is 0 Å². The van der Waals surface area contributed by atoms with E-state index >= 15 is 0 Å². The number of nitrogens with one attached hydrogen (secondary N) is 1. The van der Waals surface area contributed by atoms with Gasteiger partial charge in [0.2, 0.25) is 10.0 Å². The van der Waals surface area contributed by atoms with Gasteiger partial charge in [0.1, 0.15) is 0 Å². The molecule has 1 unspecified atom stereocenters. The molecule has 1 fully saturated rings. The average Bonchev–Trinajstić information content (AvgIpc) is 3.00. The number of hydrogen-bond acceptors (Lipinski definition) is 4. The van der Waals surface area contributed by atoms with Crippen LogP contribution in [0.1, 0.15) is 19.8 Å². The molecule has 0 aliphatic carbocycles. The van der Waals surface area contributed by atoms with Crippen LogP contribution in [-0.2, 0) is 10.0 Å². The minimum Gasteiger partial charge on any atom is -0.432 e. The van der Waals surface area contributed by atoms with Crippen LogP contribution in [0.4, 0.5) is 13.2 Å². The summed E-state index contributed by atoms with van der Waals surface area (Å²) in [5, 5.41) is 3.09. The van der Waals surface area contributed by atoms with E-state index < -0.39 is 28.2 Å². The molecule has 5 nitrogen and oxygen atoms in total. The van der Waals surface area contributed by atoms with E-state index in [-0.39, 0.29) is 10.9 Å². The highest BCUT2D eigenvalue weighted by Gasteiger charge is 2.33. The zero-order chi connectivity index (χ0) is 17.0. The van der Waals surface area contributed by atoms with E-state index in [1.54, 1.807) is 0 Å². The fraction of sp³-hybridized carbons (Fsp3) is 0.571. The molecule has 1 N–H and O–H groups in total. The van der Waals surface area contributed by atoms with Crippen molar-refractivity contribution in [3.63, 3.8) is 0 Å². The number of halogens is 3. The second-order valence-electron chi connectivity index (χ2n) is 5.23. The van der Waals surface area contributed by atoms with Gasteiger partial charge in [0.05, 0.1) is 4.90 Å². The number of ether oxygens (including phenoxy) is 1. The van der Waals surface area contributed by atoms with Gasteiger partial charge in [0, 0.05) is 19.1 Å². The third-order valence-electron chi connectivity index (χ3n) is 3.61. The zero-order valence-corrected chi connectivity index (χ0v) is 13.5. The van der Waals surface area contributed by atoms with E-state index in [2.05, 4.69) is 10.1 Å². The maximum atomic E-state index is 13.8. The number of sulfonamides is 1. The topological polar surface area (TPSA) is 58.6 Å². The second-order valence-corrected chi connectivity index (χ2v) is 7.12. The smallest absolute Gasteiger partial charge is 0.387 e. The van der Waals surface area contributed by atoms with Crippen molar-refractivity contribution >= 4 is 10.0 Å². The summed E-state index contributed by atoms with van der Waals surface area (Å²) >= 11 is 0. The summed E-state index contributed by atoms with van der Waals surface area (Å²) in [7, 11) is -3.90. The van der Waals surface area contributed by atoms with E-state index in [4.69, 9.17) is 0 Å². The Labute approximate surface area is 133 Å². The Bertz CT molecular complexity index is 634. The largest absolute Gasteiger partial charge is 0.432 e. The van der Waals surface area contributed by atoms with Crippen molar-refractivity contribution in [3.05, 3.63) is 24.0 Å².